The molecule has 0 aliphatic carbocycles. The molecule has 32 heavy (non-hydrogen) atoms. The van der Waals surface area contributed by atoms with Crippen LogP contribution >= 0.6 is 0 Å². The summed E-state index contributed by atoms with van der Waals surface area (Å²) in [7, 11) is -2.01. The molecule has 1 aliphatic heterocycles. The number of aromatic nitrogens is 1. The second kappa shape index (κ2) is 9.77. The van der Waals surface area contributed by atoms with Crippen LogP contribution in [0.15, 0.2) is 12.4 Å². The van der Waals surface area contributed by atoms with E-state index >= 15 is 0 Å². The zero-order valence-electron chi connectivity index (χ0n) is 20.4. The first-order valence-electron chi connectivity index (χ1n) is 10.8. The third kappa shape index (κ3) is 6.92. The molecule has 2 atom stereocenters. The molecule has 2 unspecified atom stereocenters. The number of pyridine rings is 1. The van der Waals surface area contributed by atoms with Crippen molar-refractivity contribution in [2.75, 3.05) is 25.5 Å². The van der Waals surface area contributed by atoms with Gasteiger partial charge in [-0.1, -0.05) is 32.6 Å². The summed E-state index contributed by atoms with van der Waals surface area (Å²) < 4.78 is 31.8. The number of anilines is 1. The lowest BCUT2D eigenvalue weighted by molar-refractivity contribution is -0.0615. The highest BCUT2D eigenvalue weighted by molar-refractivity contribution is 6.74. The number of carbonyl (C=O) groups is 1. The number of carbonyl (C=O) groups excluding carboxylic acids is 1. The van der Waals surface area contributed by atoms with Crippen molar-refractivity contribution in [3.63, 3.8) is 0 Å². The number of nitrogens with zero attached hydrogens (tertiary/aromatic N) is 2. The first kappa shape index (κ1) is 26.1. The largest absolute Gasteiger partial charge is 0.444 e. The average molecular weight is 466 g/mol. The second-order valence-corrected chi connectivity index (χ2v) is 15.3. The molecule has 9 heteroatoms. The van der Waals surface area contributed by atoms with Crippen LogP contribution < -0.4 is 5.73 Å². The van der Waals surface area contributed by atoms with E-state index in [1.54, 1.807) is 4.90 Å². The minimum atomic E-state index is -2.01. The number of rotatable bonds is 3. The zero-order chi connectivity index (χ0) is 24.3. The van der Waals surface area contributed by atoms with Crippen molar-refractivity contribution in [2.24, 2.45) is 0 Å². The Kier molecular flexibility index (Phi) is 7.97. The fraction of sp³-hybridized carbons (Fsp3) is 0.652. The van der Waals surface area contributed by atoms with Crippen molar-refractivity contribution < 1.29 is 23.1 Å². The van der Waals surface area contributed by atoms with Crippen molar-refractivity contribution in [3.05, 3.63) is 23.8 Å². The number of nitrogens with two attached hydrogens (primary N) is 1. The van der Waals surface area contributed by atoms with Crippen molar-refractivity contribution >= 4 is 20.1 Å². The van der Waals surface area contributed by atoms with Gasteiger partial charge in [0.25, 0.3) is 0 Å². The van der Waals surface area contributed by atoms with E-state index in [-0.39, 0.29) is 35.5 Å². The number of nitrogen functional groups attached to an aromatic ring is 1. The van der Waals surface area contributed by atoms with Crippen LogP contribution in [0.3, 0.4) is 0 Å². The molecule has 1 saturated heterocycles. The van der Waals surface area contributed by atoms with Crippen molar-refractivity contribution in [3.8, 4) is 11.8 Å². The molecule has 1 aliphatic rings. The van der Waals surface area contributed by atoms with E-state index in [9.17, 15) is 9.18 Å². The normalized spacial score (nSPS) is 19.8. The molecule has 7 nitrogen and oxygen atoms in total. The lowest BCUT2D eigenvalue weighted by Crippen LogP contribution is -2.56. The Morgan fingerprint density at radius 2 is 1.97 bits per heavy atom. The maximum absolute atomic E-state index is 14.0. The van der Waals surface area contributed by atoms with Gasteiger partial charge in [-0.25, -0.2) is 9.18 Å². The molecule has 0 saturated carbocycles. The summed E-state index contributed by atoms with van der Waals surface area (Å²) in [6.45, 7) is 17.0. The van der Waals surface area contributed by atoms with Gasteiger partial charge in [0.15, 0.2) is 14.1 Å². The maximum atomic E-state index is 14.0. The lowest BCUT2D eigenvalue weighted by atomic mass is 10.1. The van der Waals surface area contributed by atoms with Crippen molar-refractivity contribution in [1.29, 1.82) is 0 Å². The Morgan fingerprint density at radius 3 is 2.53 bits per heavy atom. The van der Waals surface area contributed by atoms with Crippen molar-refractivity contribution in [2.45, 2.75) is 77.4 Å². The van der Waals surface area contributed by atoms with Gasteiger partial charge >= 0.3 is 6.09 Å². The van der Waals surface area contributed by atoms with E-state index in [4.69, 9.17) is 19.6 Å². The molecule has 1 aromatic heterocycles. The van der Waals surface area contributed by atoms with Crippen LogP contribution in [0.5, 0.6) is 0 Å². The minimum Gasteiger partial charge on any atom is -0.444 e. The lowest BCUT2D eigenvalue weighted by Gasteiger charge is -2.42. The van der Waals surface area contributed by atoms with Crippen LogP contribution in [-0.2, 0) is 13.9 Å². The molecular weight excluding hydrogens is 429 g/mol. The SMILES string of the molecule is CC(C)(C)OC(=O)N1CC(C#Cc2c(N)cncc2F)OCC1CO[Si](C)(C)C(C)(C)C. The first-order chi connectivity index (χ1) is 14.6. The van der Waals surface area contributed by atoms with E-state index in [1.165, 1.54) is 6.20 Å². The molecule has 0 spiro atoms. The fourth-order valence-corrected chi connectivity index (χ4v) is 3.76. The summed E-state index contributed by atoms with van der Waals surface area (Å²) in [5, 5.41) is 0.0435. The number of amides is 1. The third-order valence-corrected chi connectivity index (χ3v) is 10.2. The molecule has 2 N–H and O–H groups in total. The van der Waals surface area contributed by atoms with Crippen LogP contribution in [0.25, 0.3) is 0 Å². The Labute approximate surface area is 191 Å². The zero-order valence-corrected chi connectivity index (χ0v) is 21.4. The van der Waals surface area contributed by atoms with Gasteiger partial charge in [0, 0.05) is 0 Å². The number of ether oxygens (including phenoxy) is 2. The molecule has 2 rings (SSSR count). The molecule has 1 amide bonds. The van der Waals surface area contributed by atoms with Gasteiger partial charge in [-0.3, -0.25) is 9.88 Å². The summed E-state index contributed by atoms with van der Waals surface area (Å²) in [5.41, 5.74) is 5.35. The predicted octanol–water partition coefficient (Wildman–Crippen LogP) is 4.18. The number of halogens is 1. The molecule has 2 heterocycles. The molecule has 178 valence electrons. The first-order valence-corrected chi connectivity index (χ1v) is 13.7. The number of hydrogen-bond donors (Lipinski definition) is 1. The highest BCUT2D eigenvalue weighted by atomic mass is 28.4. The number of hydrogen-bond acceptors (Lipinski definition) is 6. The van der Waals surface area contributed by atoms with Gasteiger partial charge in [0.2, 0.25) is 0 Å². The van der Waals surface area contributed by atoms with E-state index in [2.05, 4.69) is 50.7 Å². The highest BCUT2D eigenvalue weighted by Crippen LogP contribution is 2.36. The molecule has 0 radical (unpaired) electrons. The van der Waals surface area contributed by atoms with Gasteiger partial charge in [0.1, 0.15) is 11.7 Å². The predicted molar refractivity (Wildman–Crippen MR) is 125 cm³/mol. The van der Waals surface area contributed by atoms with E-state index in [1.807, 2.05) is 20.8 Å². The summed E-state index contributed by atoms with van der Waals surface area (Å²) in [6, 6.07) is -0.306. The fourth-order valence-electron chi connectivity index (χ4n) is 2.72. The standard InChI is InChI=1S/C23H36FN3O4Si/c1-22(2,3)31-21(28)27-13-17(9-10-18-19(24)11-26-12-20(18)25)29-14-16(27)15-30-32(7,8)23(4,5)6/h11-12,16-17H,13-15,25H2,1-8H3. The second-order valence-electron chi connectivity index (χ2n) is 10.5. The Bertz CT molecular complexity index is 864. The van der Waals surface area contributed by atoms with Crippen LogP contribution in [0.2, 0.25) is 18.1 Å². The summed E-state index contributed by atoms with van der Waals surface area (Å²) in [5.74, 6) is 5.02. The molecule has 1 fully saturated rings. The van der Waals surface area contributed by atoms with E-state index < -0.39 is 31.9 Å². The Balaban J connectivity index is 2.20. The summed E-state index contributed by atoms with van der Waals surface area (Å²) in [4.78, 5) is 18.2. The van der Waals surface area contributed by atoms with Crippen LogP contribution in [0.4, 0.5) is 14.9 Å². The van der Waals surface area contributed by atoms with Gasteiger partial charge < -0.3 is 19.6 Å². The topological polar surface area (TPSA) is 86.9 Å². The third-order valence-electron chi connectivity index (χ3n) is 5.65. The molecular formula is C23H36FN3O4Si. The molecule has 1 aromatic rings. The van der Waals surface area contributed by atoms with Crippen LogP contribution in [0, 0.1) is 17.7 Å². The quantitative estimate of drug-likeness (QED) is 0.532. The van der Waals surface area contributed by atoms with E-state index in [0.29, 0.717) is 6.61 Å². The Morgan fingerprint density at radius 1 is 1.31 bits per heavy atom. The van der Waals surface area contributed by atoms with Gasteiger partial charge in [-0.2, -0.15) is 0 Å². The van der Waals surface area contributed by atoms with Crippen LogP contribution in [-0.4, -0.2) is 61.8 Å². The Hall–Kier alpha value is -2.15. The minimum absolute atomic E-state index is 0.0435. The summed E-state index contributed by atoms with van der Waals surface area (Å²) in [6.07, 6.45) is 1.34. The average Bonchev–Trinajstić information content (AvgIpc) is 2.64. The van der Waals surface area contributed by atoms with Gasteiger partial charge in [0.05, 0.1) is 49.4 Å². The van der Waals surface area contributed by atoms with Crippen LogP contribution in [0.1, 0.15) is 47.1 Å². The van der Waals surface area contributed by atoms with Gasteiger partial charge in [-0.05, 0) is 38.9 Å². The smallest absolute Gasteiger partial charge is 0.410 e. The monoisotopic (exact) mass is 465 g/mol. The molecule has 0 bridgehead atoms. The van der Waals surface area contributed by atoms with E-state index in [0.717, 1.165) is 6.20 Å². The highest BCUT2D eigenvalue weighted by Gasteiger charge is 2.40. The molecule has 0 aromatic carbocycles. The summed E-state index contributed by atoms with van der Waals surface area (Å²) >= 11 is 0. The number of morpholine rings is 1. The van der Waals surface area contributed by atoms with Crippen molar-refractivity contribution in [1.82, 2.24) is 9.88 Å². The maximum Gasteiger partial charge on any atom is 0.410 e. The van der Waals surface area contributed by atoms with Gasteiger partial charge in [-0.15, -0.1) is 0 Å².